The van der Waals surface area contributed by atoms with Gasteiger partial charge >= 0.3 is 6.18 Å². The number of rotatable bonds is 7. The Morgan fingerprint density at radius 1 is 1.38 bits per heavy atom. The van der Waals surface area contributed by atoms with E-state index in [4.69, 9.17) is 11.6 Å². The molecule has 21 heavy (non-hydrogen) atoms. The lowest BCUT2D eigenvalue weighted by molar-refractivity contribution is -0.173. The van der Waals surface area contributed by atoms with Crippen LogP contribution in [0.3, 0.4) is 0 Å². The Bertz CT molecular complexity index is 481. The highest BCUT2D eigenvalue weighted by Crippen LogP contribution is 2.20. The summed E-state index contributed by atoms with van der Waals surface area (Å²) >= 11 is 5.83. The molecule has 0 aromatic heterocycles. The van der Waals surface area contributed by atoms with E-state index in [0.717, 1.165) is 0 Å². The number of benzene rings is 1. The standard InChI is InChI=1S/C13H16ClF3N2O2/c1-18-12(20)10-7-9(14)3-4-11(10)19-5-2-6-21-8-13(15,16)17/h3-4,7,19H,2,5-6,8H2,1H3,(H,18,20). The minimum Gasteiger partial charge on any atom is -0.384 e. The lowest BCUT2D eigenvalue weighted by atomic mass is 10.1. The number of hydrogen-bond acceptors (Lipinski definition) is 3. The number of amides is 1. The van der Waals surface area contributed by atoms with Crippen molar-refractivity contribution in [3.8, 4) is 0 Å². The lowest BCUT2D eigenvalue weighted by Gasteiger charge is -2.12. The summed E-state index contributed by atoms with van der Waals surface area (Å²) in [5.41, 5.74) is 0.941. The summed E-state index contributed by atoms with van der Waals surface area (Å²) in [6.07, 6.45) is -3.93. The molecule has 118 valence electrons. The number of hydrogen-bond donors (Lipinski definition) is 2. The number of alkyl halides is 3. The molecule has 0 saturated heterocycles. The predicted octanol–water partition coefficient (Wildman–Crippen LogP) is 3.08. The maximum absolute atomic E-state index is 11.9. The number of anilines is 1. The summed E-state index contributed by atoms with van der Waals surface area (Å²) in [5, 5.41) is 5.89. The van der Waals surface area contributed by atoms with Gasteiger partial charge in [0.05, 0.1) is 5.56 Å². The monoisotopic (exact) mass is 324 g/mol. The van der Waals surface area contributed by atoms with Crippen LogP contribution in [0, 0.1) is 0 Å². The summed E-state index contributed by atoms with van der Waals surface area (Å²) in [5.74, 6) is -0.298. The molecule has 0 atom stereocenters. The second kappa shape index (κ2) is 8.09. The third kappa shape index (κ3) is 6.68. The molecule has 8 heteroatoms. The predicted molar refractivity (Wildman–Crippen MR) is 74.8 cm³/mol. The molecular weight excluding hydrogens is 309 g/mol. The summed E-state index contributed by atoms with van der Waals surface area (Å²) < 4.78 is 40.0. The highest BCUT2D eigenvalue weighted by molar-refractivity contribution is 6.31. The largest absolute Gasteiger partial charge is 0.411 e. The third-order valence-electron chi connectivity index (χ3n) is 2.50. The van der Waals surface area contributed by atoms with Crippen LogP contribution in [-0.4, -0.2) is 38.9 Å². The van der Waals surface area contributed by atoms with E-state index in [0.29, 0.717) is 29.2 Å². The van der Waals surface area contributed by atoms with Gasteiger partial charge in [-0.25, -0.2) is 0 Å². The van der Waals surface area contributed by atoms with Gasteiger partial charge in [-0.15, -0.1) is 0 Å². The Balaban J connectivity index is 2.43. The second-order valence-electron chi connectivity index (χ2n) is 4.22. The van der Waals surface area contributed by atoms with Gasteiger partial charge in [0, 0.05) is 30.9 Å². The first kappa shape index (κ1) is 17.6. The molecule has 1 rings (SSSR count). The summed E-state index contributed by atoms with van der Waals surface area (Å²) in [4.78, 5) is 11.7. The van der Waals surface area contributed by atoms with Crippen LogP contribution in [0.5, 0.6) is 0 Å². The molecule has 4 nitrogen and oxygen atoms in total. The van der Waals surface area contributed by atoms with Crippen LogP contribution in [0.2, 0.25) is 5.02 Å². The van der Waals surface area contributed by atoms with Crippen LogP contribution in [0.1, 0.15) is 16.8 Å². The second-order valence-corrected chi connectivity index (χ2v) is 4.65. The smallest absolute Gasteiger partial charge is 0.384 e. The van der Waals surface area contributed by atoms with Crippen LogP contribution < -0.4 is 10.6 Å². The zero-order valence-corrected chi connectivity index (χ0v) is 12.1. The fourth-order valence-corrected chi connectivity index (χ4v) is 1.75. The molecule has 2 N–H and O–H groups in total. The minimum absolute atomic E-state index is 0.0184. The van der Waals surface area contributed by atoms with Crippen LogP contribution in [0.15, 0.2) is 18.2 Å². The first-order valence-electron chi connectivity index (χ1n) is 6.23. The van der Waals surface area contributed by atoms with E-state index in [1.54, 1.807) is 12.1 Å². The van der Waals surface area contributed by atoms with Crippen molar-refractivity contribution in [3.05, 3.63) is 28.8 Å². The Hall–Kier alpha value is -1.47. The Kier molecular flexibility index (Phi) is 6.77. The lowest BCUT2D eigenvalue weighted by Crippen LogP contribution is -2.20. The Morgan fingerprint density at radius 3 is 2.71 bits per heavy atom. The highest BCUT2D eigenvalue weighted by atomic mass is 35.5. The maximum Gasteiger partial charge on any atom is 0.411 e. The average Bonchev–Trinajstić information content (AvgIpc) is 2.41. The third-order valence-corrected chi connectivity index (χ3v) is 2.74. The molecule has 0 spiro atoms. The summed E-state index contributed by atoms with van der Waals surface area (Å²) in [6, 6.07) is 4.78. The van der Waals surface area contributed by atoms with Gasteiger partial charge in [-0.1, -0.05) is 11.6 Å². The molecule has 0 aliphatic heterocycles. The number of halogens is 4. The van der Waals surface area contributed by atoms with E-state index in [9.17, 15) is 18.0 Å². The molecule has 0 bridgehead atoms. The van der Waals surface area contributed by atoms with E-state index >= 15 is 0 Å². The van der Waals surface area contributed by atoms with Crippen LogP contribution in [0.25, 0.3) is 0 Å². The molecule has 1 aromatic rings. The zero-order valence-electron chi connectivity index (χ0n) is 11.4. The van der Waals surface area contributed by atoms with E-state index in [1.165, 1.54) is 13.1 Å². The fourth-order valence-electron chi connectivity index (χ4n) is 1.58. The highest BCUT2D eigenvalue weighted by Gasteiger charge is 2.27. The number of carbonyl (C=O) groups is 1. The quantitative estimate of drug-likeness (QED) is 0.758. The normalized spacial score (nSPS) is 11.3. The number of carbonyl (C=O) groups excluding carboxylic acids is 1. The first-order chi connectivity index (χ1) is 9.83. The van der Waals surface area contributed by atoms with Crippen molar-refractivity contribution >= 4 is 23.2 Å². The molecule has 0 fully saturated rings. The van der Waals surface area contributed by atoms with Crippen molar-refractivity contribution in [1.82, 2.24) is 5.32 Å². The van der Waals surface area contributed by atoms with Gasteiger partial charge in [0.25, 0.3) is 5.91 Å². The van der Waals surface area contributed by atoms with Gasteiger partial charge in [-0.3, -0.25) is 4.79 Å². The molecule has 1 amide bonds. The van der Waals surface area contributed by atoms with Gasteiger partial charge < -0.3 is 15.4 Å². The van der Waals surface area contributed by atoms with E-state index < -0.39 is 12.8 Å². The summed E-state index contributed by atoms with van der Waals surface area (Å²) in [6.45, 7) is -0.893. The van der Waals surface area contributed by atoms with Crippen molar-refractivity contribution in [2.75, 3.05) is 32.1 Å². The molecule has 0 unspecified atom stereocenters. The van der Waals surface area contributed by atoms with Crippen molar-refractivity contribution < 1.29 is 22.7 Å². The van der Waals surface area contributed by atoms with Crippen molar-refractivity contribution in [3.63, 3.8) is 0 Å². The average molecular weight is 325 g/mol. The Morgan fingerprint density at radius 2 is 2.10 bits per heavy atom. The Labute approximate surface area is 125 Å². The first-order valence-corrected chi connectivity index (χ1v) is 6.61. The summed E-state index contributed by atoms with van der Waals surface area (Å²) in [7, 11) is 1.50. The van der Waals surface area contributed by atoms with Gasteiger partial charge in [0.1, 0.15) is 6.61 Å². The molecule has 0 saturated carbocycles. The molecule has 1 aromatic carbocycles. The van der Waals surface area contributed by atoms with Crippen molar-refractivity contribution in [2.45, 2.75) is 12.6 Å². The van der Waals surface area contributed by atoms with E-state index in [1.807, 2.05) is 0 Å². The molecule has 0 radical (unpaired) electrons. The number of ether oxygens (including phenoxy) is 1. The van der Waals surface area contributed by atoms with Crippen LogP contribution in [-0.2, 0) is 4.74 Å². The van der Waals surface area contributed by atoms with Gasteiger partial charge in [-0.2, -0.15) is 13.2 Å². The van der Waals surface area contributed by atoms with Gasteiger partial charge in [0.2, 0.25) is 0 Å². The molecular formula is C13H16ClF3N2O2. The van der Waals surface area contributed by atoms with Crippen LogP contribution in [0.4, 0.5) is 18.9 Å². The van der Waals surface area contributed by atoms with Gasteiger partial charge in [0.15, 0.2) is 0 Å². The minimum atomic E-state index is -4.31. The van der Waals surface area contributed by atoms with E-state index in [-0.39, 0.29) is 12.5 Å². The zero-order chi connectivity index (χ0) is 15.9. The van der Waals surface area contributed by atoms with Crippen LogP contribution >= 0.6 is 11.6 Å². The van der Waals surface area contributed by atoms with Crippen molar-refractivity contribution in [1.29, 1.82) is 0 Å². The maximum atomic E-state index is 11.9. The number of nitrogens with one attached hydrogen (secondary N) is 2. The van der Waals surface area contributed by atoms with Crippen molar-refractivity contribution in [2.24, 2.45) is 0 Å². The van der Waals surface area contributed by atoms with E-state index in [2.05, 4.69) is 15.4 Å². The molecule has 0 aliphatic rings. The fraction of sp³-hybridized carbons (Fsp3) is 0.462. The van der Waals surface area contributed by atoms with Gasteiger partial charge in [-0.05, 0) is 24.6 Å². The topological polar surface area (TPSA) is 50.4 Å². The molecule has 0 aliphatic carbocycles. The molecule has 0 heterocycles. The SMILES string of the molecule is CNC(=O)c1cc(Cl)ccc1NCCCOCC(F)(F)F.